The molecule has 0 aliphatic rings. The van der Waals surface area contributed by atoms with Crippen LogP contribution in [0, 0.1) is 5.92 Å². The Bertz CT molecular complexity index is 741. The summed E-state index contributed by atoms with van der Waals surface area (Å²) in [5.41, 5.74) is 1.86. The second-order valence-corrected chi connectivity index (χ2v) is 6.41. The quantitative estimate of drug-likeness (QED) is 0.658. The molecule has 2 aromatic rings. The molecule has 0 saturated heterocycles. The maximum absolute atomic E-state index is 12.1. The summed E-state index contributed by atoms with van der Waals surface area (Å²) in [6, 6.07) is 5.08. The number of esters is 1. The van der Waals surface area contributed by atoms with Gasteiger partial charge in [-0.05, 0) is 37.5 Å². The van der Waals surface area contributed by atoms with E-state index in [2.05, 4.69) is 29.5 Å². The molecule has 26 heavy (non-hydrogen) atoms. The zero-order chi connectivity index (χ0) is 18.9. The average molecular weight is 360 g/mol. The third-order valence-electron chi connectivity index (χ3n) is 4.51. The Hall–Kier alpha value is -2.44. The van der Waals surface area contributed by atoms with Gasteiger partial charge in [-0.25, -0.2) is 9.48 Å². The van der Waals surface area contributed by atoms with Crippen molar-refractivity contribution in [3.8, 4) is 0 Å². The topological polar surface area (TPSA) is 86.1 Å². The van der Waals surface area contributed by atoms with E-state index < -0.39 is 5.97 Å². The Labute approximate surface area is 154 Å². The monoisotopic (exact) mass is 360 g/mol. The molecule has 1 aromatic carbocycles. The number of carbonyl (C=O) groups excluding carboxylic acids is 2. The van der Waals surface area contributed by atoms with Gasteiger partial charge in [0.2, 0.25) is 0 Å². The summed E-state index contributed by atoms with van der Waals surface area (Å²) in [5.74, 6) is -0.337. The molecule has 1 aromatic heterocycles. The molecule has 0 saturated carbocycles. The Morgan fingerprint density at radius 3 is 2.77 bits per heavy atom. The lowest BCUT2D eigenvalue weighted by molar-refractivity contribution is -0.124. The van der Waals surface area contributed by atoms with Crippen molar-refractivity contribution >= 4 is 22.9 Å². The number of aryl methyl sites for hydroxylation is 1. The van der Waals surface area contributed by atoms with Gasteiger partial charge in [0, 0.05) is 13.1 Å². The minimum atomic E-state index is -0.536. The van der Waals surface area contributed by atoms with Gasteiger partial charge in [0.25, 0.3) is 5.91 Å². The smallest absolute Gasteiger partial charge is 0.338 e. The van der Waals surface area contributed by atoms with Gasteiger partial charge in [0.1, 0.15) is 5.52 Å². The van der Waals surface area contributed by atoms with Crippen LogP contribution in [0.25, 0.3) is 11.0 Å². The first kappa shape index (κ1) is 19.9. The number of hydrogen-bond acceptors (Lipinski definition) is 5. The minimum Gasteiger partial charge on any atom is -0.452 e. The zero-order valence-corrected chi connectivity index (χ0v) is 15.8. The van der Waals surface area contributed by atoms with Crippen molar-refractivity contribution in [2.45, 2.75) is 53.0 Å². The van der Waals surface area contributed by atoms with Crippen LogP contribution in [0.1, 0.15) is 56.8 Å². The molecule has 0 unspecified atom stereocenters. The number of nitrogens with one attached hydrogen (secondary N) is 1. The molecule has 0 spiro atoms. The first-order valence-electron chi connectivity index (χ1n) is 9.36. The number of nitrogens with zero attached hydrogens (tertiary/aromatic N) is 3. The second-order valence-electron chi connectivity index (χ2n) is 6.41. The fourth-order valence-electron chi connectivity index (χ4n) is 2.80. The van der Waals surface area contributed by atoms with E-state index in [0.29, 0.717) is 30.1 Å². The van der Waals surface area contributed by atoms with E-state index in [1.165, 1.54) is 0 Å². The number of unbranched alkanes of at least 4 members (excludes halogenated alkanes) is 1. The highest BCUT2D eigenvalue weighted by molar-refractivity contribution is 5.94. The SMILES string of the molecule is CCCC[C@@H](CC)CNC(=O)COC(=O)c1ccc2c(c1)nnn2CC. The van der Waals surface area contributed by atoms with Crippen molar-refractivity contribution in [2.24, 2.45) is 5.92 Å². The summed E-state index contributed by atoms with van der Waals surface area (Å²) in [6.45, 7) is 7.31. The molecule has 1 amide bonds. The third-order valence-corrected chi connectivity index (χ3v) is 4.51. The van der Waals surface area contributed by atoms with Crippen LogP contribution in [0.5, 0.6) is 0 Å². The van der Waals surface area contributed by atoms with Gasteiger partial charge >= 0.3 is 5.97 Å². The lowest BCUT2D eigenvalue weighted by Gasteiger charge is -2.15. The van der Waals surface area contributed by atoms with Gasteiger partial charge in [-0.3, -0.25) is 4.79 Å². The lowest BCUT2D eigenvalue weighted by Crippen LogP contribution is -2.32. The molecule has 0 aliphatic carbocycles. The summed E-state index contributed by atoms with van der Waals surface area (Å²) < 4.78 is 6.86. The maximum Gasteiger partial charge on any atom is 0.338 e. The van der Waals surface area contributed by atoms with Crippen molar-refractivity contribution in [1.82, 2.24) is 20.3 Å². The van der Waals surface area contributed by atoms with E-state index in [0.717, 1.165) is 31.2 Å². The van der Waals surface area contributed by atoms with Crippen LogP contribution in [0.15, 0.2) is 18.2 Å². The van der Waals surface area contributed by atoms with Crippen LogP contribution < -0.4 is 5.32 Å². The molecular weight excluding hydrogens is 332 g/mol. The standard InChI is InChI=1S/C19H28N4O3/c1-4-7-8-14(5-2)12-20-18(24)13-26-19(25)15-9-10-17-16(11-15)21-22-23(17)6-3/h9-11,14H,4-8,12-13H2,1-3H3,(H,20,24)/t14-/m1/s1. The van der Waals surface area contributed by atoms with E-state index in [9.17, 15) is 9.59 Å². The van der Waals surface area contributed by atoms with Crippen molar-refractivity contribution in [1.29, 1.82) is 0 Å². The Morgan fingerprint density at radius 2 is 2.08 bits per heavy atom. The summed E-state index contributed by atoms with van der Waals surface area (Å²) in [4.78, 5) is 24.1. The number of rotatable bonds is 10. The number of amides is 1. The molecule has 2 rings (SSSR count). The minimum absolute atomic E-state index is 0.272. The van der Waals surface area contributed by atoms with Crippen molar-refractivity contribution in [2.75, 3.05) is 13.2 Å². The van der Waals surface area contributed by atoms with Gasteiger partial charge in [0.15, 0.2) is 6.61 Å². The average Bonchev–Trinajstić information content (AvgIpc) is 3.08. The first-order chi connectivity index (χ1) is 12.6. The van der Waals surface area contributed by atoms with Gasteiger partial charge < -0.3 is 10.1 Å². The molecule has 7 heteroatoms. The predicted octanol–water partition coefficient (Wildman–Crippen LogP) is 2.94. The third kappa shape index (κ3) is 5.28. The number of aromatic nitrogens is 3. The Balaban J connectivity index is 1.83. The first-order valence-corrected chi connectivity index (χ1v) is 9.36. The van der Waals surface area contributed by atoms with Gasteiger partial charge in [0.05, 0.1) is 11.1 Å². The van der Waals surface area contributed by atoms with Gasteiger partial charge in [-0.15, -0.1) is 5.10 Å². The predicted molar refractivity (Wildman–Crippen MR) is 99.8 cm³/mol. The van der Waals surface area contributed by atoms with Crippen LogP contribution in [-0.4, -0.2) is 40.0 Å². The molecule has 0 fully saturated rings. The highest BCUT2D eigenvalue weighted by atomic mass is 16.5. The van der Waals surface area contributed by atoms with Crippen molar-refractivity contribution in [3.05, 3.63) is 23.8 Å². The zero-order valence-electron chi connectivity index (χ0n) is 15.8. The van der Waals surface area contributed by atoms with E-state index in [1.54, 1.807) is 22.9 Å². The number of hydrogen-bond donors (Lipinski definition) is 1. The van der Waals surface area contributed by atoms with Crippen molar-refractivity contribution in [3.63, 3.8) is 0 Å². The fourth-order valence-corrected chi connectivity index (χ4v) is 2.80. The largest absolute Gasteiger partial charge is 0.452 e. The van der Waals surface area contributed by atoms with Gasteiger partial charge in [-0.2, -0.15) is 0 Å². The lowest BCUT2D eigenvalue weighted by atomic mass is 9.99. The van der Waals surface area contributed by atoms with E-state index in [1.807, 2.05) is 6.92 Å². The number of ether oxygens (including phenoxy) is 1. The molecule has 142 valence electrons. The van der Waals surface area contributed by atoms with Gasteiger partial charge in [-0.1, -0.05) is 38.3 Å². The molecule has 1 N–H and O–H groups in total. The van der Waals surface area contributed by atoms with Crippen LogP contribution in [0.4, 0.5) is 0 Å². The summed E-state index contributed by atoms with van der Waals surface area (Å²) in [6.07, 6.45) is 4.44. The Kier molecular flexibility index (Phi) is 7.56. The maximum atomic E-state index is 12.1. The van der Waals surface area contributed by atoms with E-state index in [4.69, 9.17) is 4.74 Å². The summed E-state index contributed by atoms with van der Waals surface area (Å²) in [7, 11) is 0. The number of carbonyl (C=O) groups is 2. The molecule has 7 nitrogen and oxygen atoms in total. The molecule has 0 bridgehead atoms. The summed E-state index contributed by atoms with van der Waals surface area (Å²) >= 11 is 0. The molecular formula is C19H28N4O3. The summed E-state index contributed by atoms with van der Waals surface area (Å²) in [5, 5.41) is 10.9. The molecule has 1 atom stereocenters. The van der Waals surface area contributed by atoms with Crippen LogP contribution in [0.3, 0.4) is 0 Å². The highest BCUT2D eigenvalue weighted by Crippen LogP contribution is 2.14. The molecule has 0 aliphatic heterocycles. The molecule has 0 radical (unpaired) electrons. The second kappa shape index (κ2) is 9.89. The molecule has 1 heterocycles. The number of benzene rings is 1. The van der Waals surface area contributed by atoms with E-state index in [-0.39, 0.29) is 12.5 Å². The highest BCUT2D eigenvalue weighted by Gasteiger charge is 2.14. The fraction of sp³-hybridized carbons (Fsp3) is 0.579. The normalized spacial score (nSPS) is 12.1. The van der Waals surface area contributed by atoms with Crippen molar-refractivity contribution < 1.29 is 14.3 Å². The van der Waals surface area contributed by atoms with Crippen LogP contribution >= 0.6 is 0 Å². The van der Waals surface area contributed by atoms with E-state index >= 15 is 0 Å². The Morgan fingerprint density at radius 1 is 1.27 bits per heavy atom. The number of fused-ring (bicyclic) bond motifs is 1. The van der Waals surface area contributed by atoms with Crippen LogP contribution in [-0.2, 0) is 16.1 Å². The van der Waals surface area contributed by atoms with Crippen LogP contribution in [0.2, 0.25) is 0 Å².